The van der Waals surface area contributed by atoms with Gasteiger partial charge in [-0.05, 0) is 23.8 Å². The molecule has 2 aromatic heterocycles. The Hall–Kier alpha value is -1.61. The topological polar surface area (TPSA) is 59.1 Å². The van der Waals surface area contributed by atoms with Crippen LogP contribution in [-0.4, -0.2) is 13.4 Å². The van der Waals surface area contributed by atoms with Gasteiger partial charge >= 0.3 is 0 Å². The Labute approximate surface area is 160 Å². The molecule has 8 heteroatoms. The Morgan fingerprint density at radius 1 is 1.12 bits per heavy atom. The second-order valence-electron chi connectivity index (χ2n) is 6.89. The van der Waals surface area contributed by atoms with Crippen LogP contribution in [0.1, 0.15) is 32.0 Å². The fraction of sp³-hybridized carbons (Fsp3) is 0.278. The van der Waals surface area contributed by atoms with E-state index in [1.165, 1.54) is 23.5 Å². The van der Waals surface area contributed by atoms with Crippen molar-refractivity contribution >= 4 is 32.7 Å². The average Bonchev–Trinajstić information content (AvgIpc) is 3.23. The zero-order valence-electron chi connectivity index (χ0n) is 14.6. The van der Waals surface area contributed by atoms with Gasteiger partial charge in [-0.3, -0.25) is 0 Å². The molecule has 26 heavy (non-hydrogen) atoms. The molecule has 0 radical (unpaired) electrons. The molecule has 0 unspecified atom stereocenters. The minimum atomic E-state index is -3.63. The quantitative estimate of drug-likeness (QED) is 0.658. The van der Waals surface area contributed by atoms with E-state index in [-0.39, 0.29) is 22.0 Å². The summed E-state index contributed by atoms with van der Waals surface area (Å²) in [6.07, 6.45) is 0. The summed E-state index contributed by atoms with van der Waals surface area (Å²) in [5.41, 5.74) is 2.44. The second kappa shape index (κ2) is 7.19. The van der Waals surface area contributed by atoms with Crippen molar-refractivity contribution in [3.63, 3.8) is 0 Å². The van der Waals surface area contributed by atoms with Crippen molar-refractivity contribution < 1.29 is 12.8 Å². The van der Waals surface area contributed by atoms with Crippen LogP contribution in [0.25, 0.3) is 10.6 Å². The Bertz CT molecular complexity index is 1000. The van der Waals surface area contributed by atoms with E-state index in [2.05, 4.69) is 30.5 Å². The number of thiazole rings is 1. The van der Waals surface area contributed by atoms with Crippen LogP contribution in [-0.2, 0) is 22.0 Å². The number of hydrogen-bond donors (Lipinski definition) is 1. The van der Waals surface area contributed by atoms with Gasteiger partial charge in [0, 0.05) is 28.3 Å². The maximum Gasteiger partial charge on any atom is 0.250 e. The highest BCUT2D eigenvalue weighted by Crippen LogP contribution is 2.33. The predicted octanol–water partition coefficient (Wildman–Crippen LogP) is 4.79. The van der Waals surface area contributed by atoms with Crippen molar-refractivity contribution in [3.8, 4) is 10.6 Å². The third-order valence-electron chi connectivity index (χ3n) is 3.74. The molecule has 4 nitrogen and oxygen atoms in total. The monoisotopic (exact) mass is 410 g/mol. The van der Waals surface area contributed by atoms with Crippen molar-refractivity contribution in [1.82, 2.24) is 9.71 Å². The molecule has 0 spiro atoms. The SMILES string of the molecule is CC(C)(C)c1csc(-c2csc(S(=O)(=O)NCc3ccc(F)cc3)c2)n1. The molecule has 1 aromatic carbocycles. The smallest absolute Gasteiger partial charge is 0.241 e. The molecule has 1 N–H and O–H groups in total. The summed E-state index contributed by atoms with van der Waals surface area (Å²) in [5.74, 6) is -0.349. The highest BCUT2D eigenvalue weighted by Gasteiger charge is 2.21. The molecular formula is C18H19FN2O2S3. The van der Waals surface area contributed by atoms with Crippen molar-refractivity contribution in [2.24, 2.45) is 0 Å². The van der Waals surface area contributed by atoms with E-state index in [0.29, 0.717) is 5.56 Å². The molecule has 0 bridgehead atoms. The lowest BCUT2D eigenvalue weighted by molar-refractivity contribution is 0.573. The Balaban J connectivity index is 1.75. The van der Waals surface area contributed by atoms with E-state index >= 15 is 0 Å². The molecule has 0 atom stereocenters. The van der Waals surface area contributed by atoms with Crippen LogP contribution in [0.4, 0.5) is 4.39 Å². The number of nitrogens with zero attached hydrogens (tertiary/aromatic N) is 1. The maximum absolute atomic E-state index is 12.9. The van der Waals surface area contributed by atoms with Crippen LogP contribution in [0.5, 0.6) is 0 Å². The van der Waals surface area contributed by atoms with E-state index in [1.807, 2.05) is 5.38 Å². The van der Waals surface area contributed by atoms with Gasteiger partial charge in [0.2, 0.25) is 10.0 Å². The maximum atomic E-state index is 12.9. The number of thiophene rings is 1. The minimum Gasteiger partial charge on any atom is -0.241 e. The lowest BCUT2D eigenvalue weighted by atomic mass is 9.93. The summed E-state index contributed by atoms with van der Waals surface area (Å²) in [6, 6.07) is 7.37. The van der Waals surface area contributed by atoms with Crippen LogP contribution < -0.4 is 4.72 Å². The molecule has 0 saturated carbocycles. The molecule has 3 rings (SSSR count). The van der Waals surface area contributed by atoms with E-state index in [9.17, 15) is 12.8 Å². The van der Waals surface area contributed by atoms with E-state index in [4.69, 9.17) is 0 Å². The first-order valence-corrected chi connectivity index (χ1v) is 11.2. The fourth-order valence-corrected chi connectivity index (χ4v) is 5.51. The van der Waals surface area contributed by atoms with Crippen LogP contribution in [0.15, 0.2) is 45.3 Å². The molecule has 0 saturated heterocycles. The molecule has 3 aromatic rings. The van der Waals surface area contributed by atoms with Crippen LogP contribution >= 0.6 is 22.7 Å². The molecule has 0 aliphatic heterocycles. The molecule has 2 heterocycles. The summed E-state index contributed by atoms with van der Waals surface area (Å²) in [5, 5.41) is 4.62. The van der Waals surface area contributed by atoms with Crippen LogP contribution in [0, 0.1) is 5.82 Å². The third-order valence-corrected chi connectivity index (χ3v) is 7.47. The summed E-state index contributed by atoms with van der Waals surface area (Å²) in [7, 11) is -3.63. The average molecular weight is 411 g/mol. The van der Waals surface area contributed by atoms with Crippen molar-refractivity contribution in [2.75, 3.05) is 0 Å². The van der Waals surface area contributed by atoms with Gasteiger partial charge < -0.3 is 0 Å². The molecular weight excluding hydrogens is 391 g/mol. The standard InChI is InChI=1S/C18H19FN2O2S3/c1-18(2,3)15-11-25-17(21-15)13-8-16(24-10-13)26(22,23)20-9-12-4-6-14(19)7-5-12/h4-8,10-11,20H,9H2,1-3H3. The normalized spacial score (nSPS) is 12.5. The number of sulfonamides is 1. The van der Waals surface area contributed by atoms with Gasteiger partial charge in [-0.2, -0.15) is 0 Å². The third kappa shape index (κ3) is 4.37. The lowest BCUT2D eigenvalue weighted by Crippen LogP contribution is -2.22. The minimum absolute atomic E-state index is 0.0452. The number of aromatic nitrogens is 1. The van der Waals surface area contributed by atoms with E-state index in [1.54, 1.807) is 23.6 Å². The summed E-state index contributed by atoms with van der Waals surface area (Å²) in [6.45, 7) is 6.39. The largest absolute Gasteiger partial charge is 0.250 e. The van der Waals surface area contributed by atoms with Gasteiger partial charge in [0.1, 0.15) is 15.0 Å². The second-order valence-corrected chi connectivity index (χ2v) is 10.7. The van der Waals surface area contributed by atoms with E-state index < -0.39 is 10.0 Å². The van der Waals surface area contributed by atoms with Gasteiger partial charge in [0.05, 0.1) is 5.69 Å². The molecule has 0 aliphatic carbocycles. The zero-order chi connectivity index (χ0) is 18.9. The van der Waals surface area contributed by atoms with Crippen LogP contribution in [0.2, 0.25) is 0 Å². The lowest BCUT2D eigenvalue weighted by Gasteiger charge is -2.14. The van der Waals surface area contributed by atoms with Crippen molar-refractivity contribution in [3.05, 3.63) is 58.2 Å². The number of benzene rings is 1. The summed E-state index contributed by atoms with van der Waals surface area (Å²) in [4.78, 5) is 4.62. The Kier molecular flexibility index (Phi) is 5.30. The summed E-state index contributed by atoms with van der Waals surface area (Å²) < 4.78 is 40.7. The molecule has 138 valence electrons. The number of rotatable bonds is 5. The van der Waals surface area contributed by atoms with Crippen molar-refractivity contribution in [1.29, 1.82) is 0 Å². The van der Waals surface area contributed by atoms with Gasteiger partial charge in [-0.1, -0.05) is 32.9 Å². The zero-order valence-corrected chi connectivity index (χ0v) is 17.1. The first-order valence-electron chi connectivity index (χ1n) is 7.94. The summed E-state index contributed by atoms with van der Waals surface area (Å²) >= 11 is 2.67. The molecule has 0 aliphatic rings. The van der Waals surface area contributed by atoms with Gasteiger partial charge in [0.25, 0.3) is 0 Å². The van der Waals surface area contributed by atoms with Crippen molar-refractivity contribution in [2.45, 2.75) is 36.9 Å². The highest BCUT2D eigenvalue weighted by molar-refractivity contribution is 7.91. The highest BCUT2D eigenvalue weighted by atomic mass is 32.2. The number of nitrogens with one attached hydrogen (secondary N) is 1. The fourth-order valence-electron chi connectivity index (χ4n) is 2.17. The van der Waals surface area contributed by atoms with Crippen LogP contribution in [0.3, 0.4) is 0 Å². The predicted molar refractivity (Wildman–Crippen MR) is 105 cm³/mol. The molecule has 0 amide bonds. The number of halogens is 1. The van der Waals surface area contributed by atoms with Gasteiger partial charge in [-0.25, -0.2) is 22.5 Å². The van der Waals surface area contributed by atoms with Gasteiger partial charge in [-0.15, -0.1) is 22.7 Å². The number of hydrogen-bond acceptors (Lipinski definition) is 5. The molecule has 0 fully saturated rings. The first-order chi connectivity index (χ1) is 12.1. The Morgan fingerprint density at radius 3 is 2.42 bits per heavy atom. The Morgan fingerprint density at radius 2 is 1.81 bits per heavy atom. The first kappa shape index (κ1) is 19.2. The van der Waals surface area contributed by atoms with E-state index in [0.717, 1.165) is 27.6 Å². The van der Waals surface area contributed by atoms with Gasteiger partial charge in [0.15, 0.2) is 0 Å².